The molecule has 70 valence electrons. The molecule has 0 aromatic heterocycles. The molecule has 2 N–H and O–H groups in total. The Labute approximate surface area is 72.0 Å². The summed E-state index contributed by atoms with van der Waals surface area (Å²) in [4.78, 5) is 11.2. The van der Waals surface area contributed by atoms with E-state index in [-0.39, 0.29) is 11.4 Å². The number of carbonyl (C=O) groups excluding carboxylic acids is 1. The van der Waals surface area contributed by atoms with Crippen molar-refractivity contribution in [3.8, 4) is 0 Å². The summed E-state index contributed by atoms with van der Waals surface area (Å²) >= 11 is 0. The number of esters is 1. The molecule has 1 rings (SSSR count). The van der Waals surface area contributed by atoms with Crippen LogP contribution in [0.5, 0.6) is 0 Å². The Morgan fingerprint density at radius 2 is 2.33 bits per heavy atom. The Morgan fingerprint density at radius 3 is 2.67 bits per heavy atom. The van der Waals surface area contributed by atoms with Crippen LogP contribution in [0.15, 0.2) is 0 Å². The number of carbonyl (C=O) groups is 1. The highest BCUT2D eigenvalue weighted by atomic mass is 16.5. The molecule has 0 spiro atoms. The Morgan fingerprint density at radius 1 is 1.75 bits per heavy atom. The molecule has 0 aromatic carbocycles. The van der Waals surface area contributed by atoms with Crippen LogP contribution in [-0.2, 0) is 14.3 Å². The summed E-state index contributed by atoms with van der Waals surface area (Å²) in [5.41, 5.74) is 5.47. The maximum atomic E-state index is 11.2. The average molecular weight is 173 g/mol. The summed E-state index contributed by atoms with van der Waals surface area (Å²) in [5, 5.41) is 0. The van der Waals surface area contributed by atoms with Gasteiger partial charge in [0.1, 0.15) is 6.04 Å². The Hall–Kier alpha value is -0.610. The maximum absolute atomic E-state index is 11.2. The lowest BCUT2D eigenvalue weighted by molar-refractivity contribution is -0.163. The minimum absolute atomic E-state index is 0.216. The first-order valence-corrected chi connectivity index (χ1v) is 4.10. The molecule has 1 atom stereocenters. The molecule has 0 aliphatic carbocycles. The molecule has 0 aromatic rings. The van der Waals surface area contributed by atoms with Gasteiger partial charge in [-0.2, -0.15) is 0 Å². The van der Waals surface area contributed by atoms with Crippen LogP contribution in [0.4, 0.5) is 0 Å². The average Bonchev–Trinajstić information content (AvgIpc) is 1.99. The highest BCUT2D eigenvalue weighted by molar-refractivity contribution is 5.76. The smallest absolute Gasteiger partial charge is 0.323 e. The second-order valence-electron chi connectivity index (χ2n) is 3.38. The van der Waals surface area contributed by atoms with E-state index in [4.69, 9.17) is 15.2 Å². The molecule has 0 unspecified atom stereocenters. The molecule has 12 heavy (non-hydrogen) atoms. The molecule has 1 saturated heterocycles. The predicted octanol–water partition coefficient (Wildman–Crippen LogP) is -0.0867. The van der Waals surface area contributed by atoms with Crippen LogP contribution in [0.1, 0.15) is 13.8 Å². The second kappa shape index (κ2) is 3.41. The lowest BCUT2D eigenvalue weighted by atomic mass is 9.81. The minimum atomic E-state index is -0.550. The van der Waals surface area contributed by atoms with Gasteiger partial charge in [-0.1, -0.05) is 6.92 Å². The van der Waals surface area contributed by atoms with Crippen LogP contribution in [0.25, 0.3) is 0 Å². The monoisotopic (exact) mass is 173 g/mol. The zero-order valence-corrected chi connectivity index (χ0v) is 7.50. The van der Waals surface area contributed by atoms with Crippen LogP contribution in [0, 0.1) is 5.41 Å². The van der Waals surface area contributed by atoms with Crippen LogP contribution in [0.3, 0.4) is 0 Å². The standard InChI is InChI=1S/C8H15NO3/c1-3-12-7(10)6(9)8(2)4-11-5-8/h6H,3-5,9H2,1-2H3/t6-/m1/s1. The number of hydrogen-bond donors (Lipinski definition) is 1. The van der Waals surface area contributed by atoms with Gasteiger partial charge in [-0.15, -0.1) is 0 Å². The van der Waals surface area contributed by atoms with Crippen molar-refractivity contribution in [1.82, 2.24) is 0 Å². The molecule has 1 heterocycles. The number of hydrogen-bond acceptors (Lipinski definition) is 4. The zero-order chi connectivity index (χ0) is 9.19. The third-order valence-electron chi connectivity index (χ3n) is 2.15. The van der Waals surface area contributed by atoms with Gasteiger partial charge in [0.2, 0.25) is 0 Å². The first-order valence-electron chi connectivity index (χ1n) is 4.10. The van der Waals surface area contributed by atoms with Crippen LogP contribution in [-0.4, -0.2) is 31.8 Å². The molecule has 1 fully saturated rings. The van der Waals surface area contributed by atoms with Crippen molar-refractivity contribution in [2.75, 3.05) is 19.8 Å². The molecule has 4 heteroatoms. The molecule has 1 aliphatic heterocycles. The molecule has 0 amide bonds. The van der Waals surface area contributed by atoms with Gasteiger partial charge < -0.3 is 15.2 Å². The highest BCUT2D eigenvalue weighted by Crippen LogP contribution is 2.29. The van der Waals surface area contributed by atoms with E-state index in [2.05, 4.69) is 0 Å². The normalized spacial score (nSPS) is 22.6. The van der Waals surface area contributed by atoms with Gasteiger partial charge >= 0.3 is 5.97 Å². The lowest BCUT2D eigenvalue weighted by Gasteiger charge is -2.41. The van der Waals surface area contributed by atoms with Crippen molar-refractivity contribution < 1.29 is 14.3 Å². The molecule has 0 saturated carbocycles. The van der Waals surface area contributed by atoms with Crippen molar-refractivity contribution in [3.05, 3.63) is 0 Å². The van der Waals surface area contributed by atoms with Gasteiger partial charge in [-0.05, 0) is 6.92 Å². The summed E-state index contributed by atoms with van der Waals surface area (Å²) in [6, 6.07) is -0.550. The van der Waals surface area contributed by atoms with E-state index in [9.17, 15) is 4.79 Å². The largest absolute Gasteiger partial charge is 0.465 e. The summed E-state index contributed by atoms with van der Waals surface area (Å²) in [7, 11) is 0. The SMILES string of the molecule is CCOC(=O)[C@@H](N)C1(C)COC1. The van der Waals surface area contributed by atoms with Gasteiger partial charge in [0.25, 0.3) is 0 Å². The summed E-state index contributed by atoms with van der Waals surface area (Å²) in [6.07, 6.45) is 0. The number of rotatable bonds is 3. The molecule has 0 radical (unpaired) electrons. The van der Waals surface area contributed by atoms with Gasteiger partial charge in [0.15, 0.2) is 0 Å². The molecular weight excluding hydrogens is 158 g/mol. The van der Waals surface area contributed by atoms with Crippen molar-refractivity contribution in [2.45, 2.75) is 19.9 Å². The van der Waals surface area contributed by atoms with Crippen LogP contribution in [0.2, 0.25) is 0 Å². The third kappa shape index (κ3) is 1.59. The predicted molar refractivity (Wildman–Crippen MR) is 43.5 cm³/mol. The van der Waals surface area contributed by atoms with Crippen molar-refractivity contribution >= 4 is 5.97 Å². The Bertz CT molecular complexity index is 177. The second-order valence-corrected chi connectivity index (χ2v) is 3.38. The van der Waals surface area contributed by atoms with Gasteiger partial charge in [-0.3, -0.25) is 4.79 Å². The fourth-order valence-electron chi connectivity index (χ4n) is 1.12. The van der Waals surface area contributed by atoms with E-state index in [0.29, 0.717) is 19.8 Å². The van der Waals surface area contributed by atoms with Crippen LogP contribution >= 0.6 is 0 Å². The van der Waals surface area contributed by atoms with E-state index in [1.165, 1.54) is 0 Å². The first-order chi connectivity index (χ1) is 5.60. The molecular formula is C8H15NO3. The highest BCUT2D eigenvalue weighted by Gasteiger charge is 2.43. The molecule has 0 bridgehead atoms. The summed E-state index contributed by atoms with van der Waals surface area (Å²) < 4.78 is 9.81. The van der Waals surface area contributed by atoms with Crippen molar-refractivity contribution in [3.63, 3.8) is 0 Å². The first kappa shape index (κ1) is 9.48. The van der Waals surface area contributed by atoms with Crippen molar-refractivity contribution in [2.24, 2.45) is 11.1 Å². The summed E-state index contributed by atoms with van der Waals surface area (Å²) in [6.45, 7) is 5.17. The van der Waals surface area contributed by atoms with E-state index >= 15 is 0 Å². The van der Waals surface area contributed by atoms with Crippen LogP contribution < -0.4 is 5.73 Å². The molecule has 4 nitrogen and oxygen atoms in total. The van der Waals surface area contributed by atoms with Gasteiger partial charge in [0.05, 0.1) is 19.8 Å². The number of nitrogens with two attached hydrogens (primary N) is 1. The van der Waals surface area contributed by atoms with E-state index < -0.39 is 6.04 Å². The fraction of sp³-hybridized carbons (Fsp3) is 0.875. The minimum Gasteiger partial charge on any atom is -0.465 e. The topological polar surface area (TPSA) is 61.5 Å². The van der Waals surface area contributed by atoms with Gasteiger partial charge in [0, 0.05) is 5.41 Å². The molecule has 1 aliphatic rings. The quantitative estimate of drug-likeness (QED) is 0.606. The Kier molecular flexibility index (Phi) is 2.69. The summed E-state index contributed by atoms with van der Waals surface area (Å²) in [5.74, 6) is -0.330. The third-order valence-corrected chi connectivity index (χ3v) is 2.15. The van der Waals surface area contributed by atoms with E-state index in [0.717, 1.165) is 0 Å². The van der Waals surface area contributed by atoms with Crippen molar-refractivity contribution in [1.29, 1.82) is 0 Å². The van der Waals surface area contributed by atoms with E-state index in [1.54, 1.807) is 6.92 Å². The zero-order valence-electron chi connectivity index (χ0n) is 7.50. The van der Waals surface area contributed by atoms with E-state index in [1.807, 2.05) is 6.92 Å². The Balaban J connectivity index is 2.45. The lowest BCUT2D eigenvalue weighted by Crippen LogP contribution is -2.57. The number of ether oxygens (including phenoxy) is 2. The van der Waals surface area contributed by atoms with Gasteiger partial charge in [-0.25, -0.2) is 0 Å². The maximum Gasteiger partial charge on any atom is 0.323 e. The fourth-order valence-corrected chi connectivity index (χ4v) is 1.12.